The minimum atomic E-state index is -0.531. The first kappa shape index (κ1) is 14.5. The minimum absolute atomic E-state index is 0.348. The highest BCUT2D eigenvalue weighted by molar-refractivity contribution is 5.95. The van der Waals surface area contributed by atoms with E-state index in [0.29, 0.717) is 23.5 Å². The molecule has 19 heavy (non-hydrogen) atoms. The number of benzene rings is 1. The summed E-state index contributed by atoms with van der Waals surface area (Å²) in [5.74, 6) is -1.02. The third-order valence-corrected chi connectivity index (χ3v) is 2.22. The van der Waals surface area contributed by atoms with Gasteiger partial charge in [0.1, 0.15) is 6.07 Å². The molecule has 6 nitrogen and oxygen atoms in total. The third-order valence-electron chi connectivity index (χ3n) is 2.22. The molecule has 0 radical (unpaired) electrons. The molecule has 0 aliphatic heterocycles. The second-order valence-electron chi connectivity index (χ2n) is 3.70. The minimum Gasteiger partial charge on any atom is -0.456 e. The Kier molecular flexibility index (Phi) is 5.35. The van der Waals surface area contributed by atoms with E-state index >= 15 is 0 Å². The van der Waals surface area contributed by atoms with Gasteiger partial charge in [0, 0.05) is 13.5 Å². The molecule has 0 aliphatic rings. The largest absolute Gasteiger partial charge is 0.456 e. The van der Waals surface area contributed by atoms with E-state index in [2.05, 4.69) is 15.4 Å². The highest BCUT2D eigenvalue weighted by Crippen LogP contribution is 2.23. The van der Waals surface area contributed by atoms with Crippen LogP contribution in [0.25, 0.3) is 0 Å². The summed E-state index contributed by atoms with van der Waals surface area (Å²) in [6, 6.07) is 7.13. The lowest BCUT2D eigenvalue weighted by Crippen LogP contribution is -2.20. The Morgan fingerprint density at radius 1 is 1.37 bits per heavy atom. The highest BCUT2D eigenvalue weighted by atomic mass is 16.5. The normalized spacial score (nSPS) is 9.32. The van der Waals surface area contributed by atoms with Crippen molar-refractivity contribution in [1.29, 1.82) is 5.26 Å². The van der Waals surface area contributed by atoms with Crippen LogP contribution >= 0.6 is 0 Å². The zero-order valence-electron chi connectivity index (χ0n) is 10.8. The first-order valence-corrected chi connectivity index (χ1v) is 5.78. The Morgan fingerprint density at radius 3 is 2.63 bits per heavy atom. The Balaban J connectivity index is 2.83. The molecule has 1 amide bonds. The molecule has 6 heteroatoms. The highest BCUT2D eigenvalue weighted by Gasteiger charge is 2.11. The number of amides is 1. The van der Waals surface area contributed by atoms with E-state index in [0.717, 1.165) is 0 Å². The number of hydrogen-bond acceptors (Lipinski definition) is 5. The summed E-state index contributed by atoms with van der Waals surface area (Å²) in [7, 11) is 0. The number of nitrogens with one attached hydrogen (secondary N) is 2. The smallest absolute Gasteiger partial charge is 0.303 e. The molecular formula is C13H15N3O3. The fraction of sp³-hybridized carbons (Fsp3) is 0.308. The van der Waals surface area contributed by atoms with Crippen molar-refractivity contribution in [3.63, 3.8) is 0 Å². The summed E-state index contributed by atoms with van der Waals surface area (Å²) >= 11 is 0. The molecule has 0 bridgehead atoms. The summed E-state index contributed by atoms with van der Waals surface area (Å²) in [5, 5.41) is 14.7. The third kappa shape index (κ3) is 4.32. The lowest BCUT2D eigenvalue weighted by Gasteiger charge is -2.11. The van der Waals surface area contributed by atoms with Crippen LogP contribution in [-0.2, 0) is 14.3 Å². The van der Waals surface area contributed by atoms with Gasteiger partial charge in [-0.15, -0.1) is 0 Å². The van der Waals surface area contributed by atoms with Crippen LogP contribution in [0.5, 0.6) is 0 Å². The van der Waals surface area contributed by atoms with E-state index in [4.69, 9.17) is 5.26 Å². The molecule has 0 spiro atoms. The van der Waals surface area contributed by atoms with Crippen molar-refractivity contribution in [3.05, 3.63) is 23.8 Å². The van der Waals surface area contributed by atoms with E-state index in [1.54, 1.807) is 18.2 Å². The van der Waals surface area contributed by atoms with Crippen LogP contribution in [0.1, 0.15) is 19.4 Å². The molecule has 0 fully saturated rings. The molecule has 0 aliphatic carbocycles. The van der Waals surface area contributed by atoms with Crippen molar-refractivity contribution >= 4 is 23.3 Å². The summed E-state index contributed by atoms with van der Waals surface area (Å²) < 4.78 is 4.58. The number of nitriles is 1. The molecule has 100 valence electrons. The number of anilines is 2. The molecule has 0 saturated carbocycles. The van der Waals surface area contributed by atoms with Crippen molar-refractivity contribution in [2.75, 3.05) is 23.8 Å². The Bertz CT molecular complexity index is 520. The van der Waals surface area contributed by atoms with Gasteiger partial charge in [0.2, 0.25) is 0 Å². The first-order valence-electron chi connectivity index (χ1n) is 5.78. The molecule has 1 aromatic carbocycles. The van der Waals surface area contributed by atoms with Crippen LogP contribution in [0.15, 0.2) is 18.2 Å². The van der Waals surface area contributed by atoms with Crippen molar-refractivity contribution in [2.24, 2.45) is 0 Å². The van der Waals surface area contributed by atoms with Gasteiger partial charge >= 0.3 is 5.97 Å². The molecule has 0 atom stereocenters. The summed E-state index contributed by atoms with van der Waals surface area (Å²) in [6.07, 6.45) is 0. The van der Waals surface area contributed by atoms with E-state index < -0.39 is 11.9 Å². The van der Waals surface area contributed by atoms with Crippen LogP contribution in [0.3, 0.4) is 0 Å². The number of carbonyl (C=O) groups is 2. The van der Waals surface area contributed by atoms with Gasteiger partial charge in [0.05, 0.1) is 16.9 Å². The second kappa shape index (κ2) is 7.01. The van der Waals surface area contributed by atoms with Crippen molar-refractivity contribution in [2.45, 2.75) is 13.8 Å². The number of rotatable bonds is 5. The van der Waals surface area contributed by atoms with Gasteiger partial charge in [-0.05, 0) is 19.1 Å². The molecule has 0 aromatic heterocycles. The molecule has 0 unspecified atom stereocenters. The zero-order chi connectivity index (χ0) is 14.3. The maximum atomic E-state index is 11.5. The Hall–Kier alpha value is -2.55. The quantitative estimate of drug-likeness (QED) is 0.783. The SMILES string of the molecule is CCNc1cccc(NC(=O)COC(C)=O)c1C#N. The lowest BCUT2D eigenvalue weighted by atomic mass is 10.1. The van der Waals surface area contributed by atoms with Crippen LogP contribution in [0.2, 0.25) is 0 Å². The topological polar surface area (TPSA) is 91.2 Å². The summed E-state index contributed by atoms with van der Waals surface area (Å²) in [4.78, 5) is 22.1. The monoisotopic (exact) mass is 261 g/mol. The predicted octanol–water partition coefficient (Wildman–Crippen LogP) is 1.49. The average molecular weight is 261 g/mol. The number of ether oxygens (including phenoxy) is 1. The first-order chi connectivity index (χ1) is 9.08. The standard InChI is InChI=1S/C13H15N3O3/c1-3-15-11-5-4-6-12(10(11)7-14)16-13(18)8-19-9(2)17/h4-6,15H,3,8H2,1-2H3,(H,16,18). The predicted molar refractivity (Wildman–Crippen MR) is 70.6 cm³/mol. The molecule has 0 saturated heterocycles. The number of nitrogens with zero attached hydrogens (tertiary/aromatic N) is 1. The van der Waals surface area contributed by atoms with Crippen molar-refractivity contribution in [1.82, 2.24) is 0 Å². The molecule has 0 heterocycles. The fourth-order valence-electron chi connectivity index (χ4n) is 1.47. The summed E-state index contributed by atoms with van der Waals surface area (Å²) in [6.45, 7) is 3.43. The maximum absolute atomic E-state index is 11.5. The van der Waals surface area contributed by atoms with Crippen LogP contribution < -0.4 is 10.6 Å². The van der Waals surface area contributed by atoms with Crippen LogP contribution in [0, 0.1) is 11.3 Å². The van der Waals surface area contributed by atoms with Crippen molar-refractivity contribution < 1.29 is 14.3 Å². The van der Waals surface area contributed by atoms with Gasteiger partial charge < -0.3 is 15.4 Å². The lowest BCUT2D eigenvalue weighted by molar-refractivity contribution is -0.144. The Labute approximate surface area is 111 Å². The zero-order valence-corrected chi connectivity index (χ0v) is 10.8. The van der Waals surface area contributed by atoms with Gasteiger partial charge in [-0.3, -0.25) is 9.59 Å². The van der Waals surface area contributed by atoms with Crippen LogP contribution in [-0.4, -0.2) is 25.0 Å². The van der Waals surface area contributed by atoms with Crippen LogP contribution in [0.4, 0.5) is 11.4 Å². The second-order valence-corrected chi connectivity index (χ2v) is 3.70. The van der Waals surface area contributed by atoms with E-state index in [1.807, 2.05) is 13.0 Å². The van der Waals surface area contributed by atoms with Crippen molar-refractivity contribution in [3.8, 4) is 6.07 Å². The van der Waals surface area contributed by atoms with Gasteiger partial charge in [-0.1, -0.05) is 6.07 Å². The van der Waals surface area contributed by atoms with E-state index in [1.165, 1.54) is 6.92 Å². The van der Waals surface area contributed by atoms with E-state index in [-0.39, 0.29) is 6.61 Å². The van der Waals surface area contributed by atoms with Gasteiger partial charge in [-0.2, -0.15) is 5.26 Å². The van der Waals surface area contributed by atoms with Gasteiger partial charge in [0.15, 0.2) is 6.61 Å². The van der Waals surface area contributed by atoms with Gasteiger partial charge in [0.25, 0.3) is 5.91 Å². The maximum Gasteiger partial charge on any atom is 0.303 e. The average Bonchev–Trinajstić information content (AvgIpc) is 2.37. The summed E-state index contributed by atoms with van der Waals surface area (Å²) in [5.41, 5.74) is 1.38. The van der Waals surface area contributed by atoms with E-state index in [9.17, 15) is 9.59 Å². The number of carbonyl (C=O) groups excluding carboxylic acids is 2. The molecular weight excluding hydrogens is 246 g/mol. The van der Waals surface area contributed by atoms with Gasteiger partial charge in [-0.25, -0.2) is 0 Å². The Morgan fingerprint density at radius 2 is 2.05 bits per heavy atom. The number of hydrogen-bond donors (Lipinski definition) is 2. The molecule has 1 rings (SSSR count). The number of esters is 1. The molecule has 2 N–H and O–H groups in total. The fourth-order valence-corrected chi connectivity index (χ4v) is 1.47. The molecule has 1 aromatic rings.